The van der Waals surface area contributed by atoms with Crippen LogP contribution in [0.1, 0.15) is 28.8 Å². The van der Waals surface area contributed by atoms with Crippen molar-refractivity contribution in [2.75, 3.05) is 6.54 Å². The van der Waals surface area contributed by atoms with Gasteiger partial charge in [-0.1, -0.05) is 42.5 Å². The normalized spacial score (nSPS) is 11.6. The number of aromatic hydroxyl groups is 1. The summed E-state index contributed by atoms with van der Waals surface area (Å²) in [5.41, 5.74) is 11.8. The second kappa shape index (κ2) is 10.3. The highest BCUT2D eigenvalue weighted by Crippen LogP contribution is 2.22. The van der Waals surface area contributed by atoms with Crippen LogP contribution in [0.5, 0.6) is 5.75 Å². The number of hydrogen-bond donors (Lipinski definition) is 4. The molecule has 3 aromatic rings. The molecule has 0 heterocycles. The van der Waals surface area contributed by atoms with Crippen molar-refractivity contribution in [3.05, 3.63) is 77.9 Å². The lowest BCUT2D eigenvalue weighted by molar-refractivity contribution is -0.142. The first-order chi connectivity index (χ1) is 15.3. The Morgan fingerprint density at radius 2 is 1.66 bits per heavy atom. The van der Waals surface area contributed by atoms with Crippen LogP contribution in [0.15, 0.2) is 71.7 Å². The molecule has 1 amide bonds. The van der Waals surface area contributed by atoms with Crippen LogP contribution in [0, 0.1) is 0 Å². The molecular weight excluding hydrogens is 408 g/mol. The molecule has 0 aliphatic rings. The van der Waals surface area contributed by atoms with Gasteiger partial charge in [0.1, 0.15) is 11.8 Å². The van der Waals surface area contributed by atoms with Crippen molar-refractivity contribution in [2.45, 2.75) is 25.4 Å². The predicted molar refractivity (Wildman–Crippen MR) is 123 cm³/mol. The summed E-state index contributed by atoms with van der Waals surface area (Å²) in [4.78, 5) is 30.9. The van der Waals surface area contributed by atoms with Gasteiger partial charge in [0.05, 0.1) is 0 Å². The van der Waals surface area contributed by atoms with Crippen LogP contribution in [0.3, 0.4) is 0 Å². The van der Waals surface area contributed by atoms with Gasteiger partial charge in [-0.3, -0.25) is 9.79 Å². The highest BCUT2D eigenvalue weighted by molar-refractivity contribution is 6.00. The standard InChI is InChI=1S/C24H26N4O4/c25-24(26)27-13-3-6-21(23(31)32)28(15-16-7-11-20(29)12-8-16)22(30)19-10-9-17-4-1-2-5-18(17)14-19/h1-2,4-5,7-12,14,21,29H,3,6,13,15H2,(H,31,32)(H4,25,26,27)/t21-/m0/s1. The van der Waals surface area contributed by atoms with Crippen LogP contribution in [-0.2, 0) is 11.3 Å². The van der Waals surface area contributed by atoms with Crippen LogP contribution in [0.2, 0.25) is 0 Å². The van der Waals surface area contributed by atoms with Gasteiger partial charge in [-0.05, 0) is 53.4 Å². The van der Waals surface area contributed by atoms with E-state index < -0.39 is 17.9 Å². The topological polar surface area (TPSA) is 142 Å². The first-order valence-corrected chi connectivity index (χ1v) is 10.2. The van der Waals surface area contributed by atoms with Crippen LogP contribution in [0.4, 0.5) is 0 Å². The largest absolute Gasteiger partial charge is 0.508 e. The number of carboxylic acid groups (broad SMARTS) is 1. The Labute approximate surface area is 185 Å². The number of phenols is 1. The number of carbonyl (C=O) groups excluding carboxylic acids is 1. The second-order valence-electron chi connectivity index (χ2n) is 7.46. The van der Waals surface area contributed by atoms with Crippen molar-refractivity contribution in [2.24, 2.45) is 16.5 Å². The number of nitrogens with zero attached hydrogens (tertiary/aromatic N) is 2. The van der Waals surface area contributed by atoms with Crippen LogP contribution < -0.4 is 11.5 Å². The number of nitrogens with two attached hydrogens (primary N) is 2. The first kappa shape index (κ1) is 22.6. The number of phenolic OH excluding ortho intramolecular Hbond substituents is 1. The van der Waals surface area contributed by atoms with E-state index in [-0.39, 0.29) is 31.2 Å². The summed E-state index contributed by atoms with van der Waals surface area (Å²) in [7, 11) is 0. The molecule has 166 valence electrons. The maximum atomic E-state index is 13.5. The summed E-state index contributed by atoms with van der Waals surface area (Å²) in [6.45, 7) is 0.342. The number of fused-ring (bicyclic) bond motifs is 1. The molecule has 0 bridgehead atoms. The van der Waals surface area contributed by atoms with Crippen molar-refractivity contribution < 1.29 is 19.8 Å². The van der Waals surface area contributed by atoms with Gasteiger partial charge < -0.3 is 26.6 Å². The van der Waals surface area contributed by atoms with Crippen molar-refractivity contribution in [1.29, 1.82) is 0 Å². The summed E-state index contributed by atoms with van der Waals surface area (Å²) >= 11 is 0. The molecule has 0 saturated carbocycles. The highest BCUT2D eigenvalue weighted by Gasteiger charge is 2.30. The molecule has 8 nitrogen and oxygen atoms in total. The molecule has 3 aromatic carbocycles. The Kier molecular flexibility index (Phi) is 7.28. The summed E-state index contributed by atoms with van der Waals surface area (Å²) in [5.74, 6) is -1.47. The molecule has 1 atom stereocenters. The number of hydrogen-bond acceptors (Lipinski definition) is 4. The highest BCUT2D eigenvalue weighted by atomic mass is 16.4. The van der Waals surface area contributed by atoms with Gasteiger partial charge >= 0.3 is 5.97 Å². The average Bonchev–Trinajstić information content (AvgIpc) is 2.78. The monoisotopic (exact) mass is 434 g/mol. The predicted octanol–water partition coefficient (Wildman–Crippen LogP) is 2.69. The lowest BCUT2D eigenvalue weighted by Gasteiger charge is -2.29. The fourth-order valence-electron chi connectivity index (χ4n) is 3.52. The van der Waals surface area contributed by atoms with E-state index in [0.29, 0.717) is 17.5 Å². The van der Waals surface area contributed by atoms with Gasteiger partial charge in [0.25, 0.3) is 5.91 Å². The van der Waals surface area contributed by atoms with E-state index >= 15 is 0 Å². The fourth-order valence-corrected chi connectivity index (χ4v) is 3.52. The molecule has 0 spiro atoms. The molecule has 0 aromatic heterocycles. The smallest absolute Gasteiger partial charge is 0.326 e. The molecule has 0 radical (unpaired) electrons. The average molecular weight is 434 g/mol. The number of benzene rings is 3. The Morgan fingerprint density at radius 3 is 2.31 bits per heavy atom. The minimum absolute atomic E-state index is 0.0648. The van der Waals surface area contributed by atoms with E-state index in [1.165, 1.54) is 17.0 Å². The maximum absolute atomic E-state index is 13.5. The van der Waals surface area contributed by atoms with Crippen molar-refractivity contribution in [3.63, 3.8) is 0 Å². The van der Waals surface area contributed by atoms with E-state index in [1.807, 2.05) is 30.3 Å². The van der Waals surface area contributed by atoms with Gasteiger partial charge in [0, 0.05) is 18.7 Å². The number of carbonyl (C=O) groups is 2. The SMILES string of the molecule is NC(N)=NCCC[C@@H](C(=O)O)N(Cc1ccc(O)cc1)C(=O)c1ccc2ccccc2c1. The zero-order valence-corrected chi connectivity index (χ0v) is 17.5. The Hall–Kier alpha value is -4.07. The summed E-state index contributed by atoms with van der Waals surface area (Å²) in [6.07, 6.45) is 0.579. The quantitative estimate of drug-likeness (QED) is 0.232. The molecule has 3 rings (SSSR count). The fraction of sp³-hybridized carbons (Fsp3) is 0.208. The number of aliphatic carboxylic acids is 1. The third-order valence-corrected chi connectivity index (χ3v) is 5.14. The molecule has 0 saturated heterocycles. The minimum Gasteiger partial charge on any atom is -0.508 e. The van der Waals surface area contributed by atoms with Crippen molar-refractivity contribution in [1.82, 2.24) is 4.90 Å². The number of guanidine groups is 1. The van der Waals surface area contributed by atoms with Crippen LogP contribution in [0.25, 0.3) is 10.8 Å². The van der Waals surface area contributed by atoms with Crippen molar-refractivity contribution >= 4 is 28.6 Å². The lowest BCUT2D eigenvalue weighted by atomic mass is 10.0. The van der Waals surface area contributed by atoms with Crippen LogP contribution in [-0.4, -0.2) is 45.5 Å². The van der Waals surface area contributed by atoms with Gasteiger partial charge in [0.2, 0.25) is 0 Å². The molecular formula is C24H26N4O4. The third-order valence-electron chi connectivity index (χ3n) is 5.14. The lowest BCUT2D eigenvalue weighted by Crippen LogP contribution is -2.44. The van der Waals surface area contributed by atoms with Crippen LogP contribution >= 0.6 is 0 Å². The maximum Gasteiger partial charge on any atom is 0.326 e. The number of aliphatic imine (C=N–C) groups is 1. The van der Waals surface area contributed by atoms with Crippen molar-refractivity contribution in [3.8, 4) is 5.75 Å². The minimum atomic E-state index is -1.11. The zero-order chi connectivity index (χ0) is 23.1. The van der Waals surface area contributed by atoms with Gasteiger partial charge in [-0.15, -0.1) is 0 Å². The third kappa shape index (κ3) is 5.75. The van der Waals surface area contributed by atoms with E-state index in [4.69, 9.17) is 11.5 Å². The summed E-state index contributed by atoms with van der Waals surface area (Å²) in [5, 5.41) is 21.4. The molecule has 32 heavy (non-hydrogen) atoms. The molecule has 0 aliphatic heterocycles. The molecule has 0 fully saturated rings. The Morgan fingerprint density at radius 1 is 0.969 bits per heavy atom. The van der Waals surface area contributed by atoms with Gasteiger partial charge in [-0.2, -0.15) is 0 Å². The van der Waals surface area contributed by atoms with E-state index in [2.05, 4.69) is 4.99 Å². The molecule has 8 heteroatoms. The summed E-state index contributed by atoms with van der Waals surface area (Å²) in [6, 6.07) is 18.2. The zero-order valence-electron chi connectivity index (χ0n) is 17.5. The second-order valence-corrected chi connectivity index (χ2v) is 7.46. The Bertz CT molecular complexity index is 1120. The number of carboxylic acids is 1. The van der Waals surface area contributed by atoms with Gasteiger partial charge in [-0.25, -0.2) is 4.79 Å². The van der Waals surface area contributed by atoms with Gasteiger partial charge in [0.15, 0.2) is 5.96 Å². The molecule has 0 aliphatic carbocycles. The van der Waals surface area contributed by atoms with E-state index in [9.17, 15) is 19.8 Å². The Balaban J connectivity index is 1.93. The number of amides is 1. The first-order valence-electron chi connectivity index (χ1n) is 10.2. The van der Waals surface area contributed by atoms with E-state index in [1.54, 1.807) is 24.3 Å². The van der Waals surface area contributed by atoms with E-state index in [0.717, 1.165) is 10.8 Å². The molecule has 0 unspecified atom stereocenters. The summed E-state index contributed by atoms with van der Waals surface area (Å²) < 4.78 is 0. The number of rotatable bonds is 9. The molecule has 6 N–H and O–H groups in total.